The summed E-state index contributed by atoms with van der Waals surface area (Å²) in [6.45, 7) is 1.41. The van der Waals surface area contributed by atoms with Gasteiger partial charge in [-0.1, -0.05) is 60.7 Å². The van der Waals surface area contributed by atoms with Crippen LogP contribution in [0.25, 0.3) is 0 Å². The van der Waals surface area contributed by atoms with E-state index in [-0.39, 0.29) is 61.1 Å². The molecule has 0 spiro atoms. The molecule has 0 aromatic carbocycles. The minimum Gasteiger partial charge on any atom is -0.467 e. The summed E-state index contributed by atoms with van der Waals surface area (Å²) < 4.78 is 58.1. The highest BCUT2D eigenvalue weighted by Gasteiger charge is 2.14. The number of carbonyl (C=O) groups is 4. The second-order valence-electron chi connectivity index (χ2n) is 13.4. The van der Waals surface area contributed by atoms with Gasteiger partial charge in [0.05, 0.1) is 14.2 Å². The van der Waals surface area contributed by atoms with Crippen molar-refractivity contribution < 1.29 is 76.0 Å². The third-order valence-corrected chi connectivity index (χ3v) is 8.84. The second kappa shape index (κ2) is 58.5. The average Bonchev–Trinajstić information content (AvgIpc) is 3.43. The van der Waals surface area contributed by atoms with Crippen molar-refractivity contribution in [2.75, 3.05) is 126 Å². The summed E-state index contributed by atoms with van der Waals surface area (Å²) in [5, 5.41) is 1.35. The molecule has 0 atom stereocenters. The first kappa shape index (κ1) is 90.0. The van der Waals surface area contributed by atoms with Crippen LogP contribution >= 0.6 is 23.5 Å². The third-order valence-electron chi connectivity index (χ3n) is 7.71. The van der Waals surface area contributed by atoms with Crippen LogP contribution in [0.15, 0.2) is 71.6 Å². The maximum atomic E-state index is 11.1. The normalized spacial score (nSPS) is 9.63. The van der Waals surface area contributed by atoms with Gasteiger partial charge in [-0.25, -0.2) is 29.9 Å². The van der Waals surface area contributed by atoms with Crippen molar-refractivity contribution in [3.05, 3.63) is 84.1 Å². The fourth-order valence-electron chi connectivity index (χ4n) is 4.45. The van der Waals surface area contributed by atoms with E-state index in [0.717, 1.165) is 10.9 Å². The number of nitrogens with zero attached hydrogens (tertiary/aromatic N) is 10. The van der Waals surface area contributed by atoms with Crippen LogP contribution in [0, 0.1) is 0 Å². The van der Waals surface area contributed by atoms with E-state index in [4.69, 9.17) is 42.6 Å². The number of carbonyl (C=O) groups excluding carboxylic acids is 4. The Morgan fingerprint density at radius 1 is 0.494 bits per heavy atom. The summed E-state index contributed by atoms with van der Waals surface area (Å²) in [6.07, 6.45) is 12.0. The smallest absolute Gasteiger partial charge is 0.316 e. The van der Waals surface area contributed by atoms with Gasteiger partial charge in [0, 0.05) is 122 Å². The molecule has 0 unspecified atom stereocenters. The van der Waals surface area contributed by atoms with Crippen molar-refractivity contribution in [2.45, 2.75) is 85.9 Å². The molecule has 456 valence electrons. The number of ether oxygens (including phenoxy) is 12. The molecule has 79 heavy (non-hydrogen) atoms. The molecule has 0 saturated heterocycles. The van der Waals surface area contributed by atoms with Gasteiger partial charge in [0.25, 0.3) is 0 Å². The van der Waals surface area contributed by atoms with Crippen molar-refractivity contribution in [2.24, 2.45) is 0 Å². The number of ketones is 2. The van der Waals surface area contributed by atoms with E-state index in [1.807, 2.05) is 45.6 Å². The van der Waals surface area contributed by atoms with Crippen LogP contribution in [0.5, 0.6) is 12.0 Å². The summed E-state index contributed by atoms with van der Waals surface area (Å²) >= 11 is 2.91. The Bertz CT molecular complexity index is 1980. The molecule has 4 aromatic rings. The molecule has 28 heteroatoms. The van der Waals surface area contributed by atoms with E-state index in [9.17, 15) is 19.2 Å². The van der Waals surface area contributed by atoms with Crippen molar-refractivity contribution in [1.82, 2.24) is 49.7 Å². The predicted molar refractivity (Wildman–Crippen MR) is 308 cm³/mol. The standard InChI is InChI=1S/C8H12N2O3.C8H12N2O2S.C8H15NO3.C6H6N2O2.C6H6N2OS.C5H13NO2.C5H10O3.5CH4/c2*1-11-7(12-2)6-4-5-9-8(10-6)13-3;1-9(2)6-5-7(10)8(11-3)12-4;2*1-10-6-7-3-2-5(4-9)8-6;1-6(2)5(7-3)8-4;1-4(6)5(7-2)8-3;;;;;/h2*4-5,7H,1-3H3;5-6,8H,1-4H3;2*2-4H,1H3;5H,1-4H3;5H,1-3H3;5*1H4/b;;6-5+;;;;;;;;;. The summed E-state index contributed by atoms with van der Waals surface area (Å²) in [5.74, 6) is -0.316. The highest BCUT2D eigenvalue weighted by atomic mass is 32.2. The molecule has 0 bridgehead atoms. The van der Waals surface area contributed by atoms with E-state index < -0.39 is 25.2 Å². The molecule has 0 N–H and O–H groups in total. The van der Waals surface area contributed by atoms with Crippen LogP contribution < -0.4 is 9.47 Å². The largest absolute Gasteiger partial charge is 0.467 e. The predicted octanol–water partition coefficient (Wildman–Crippen LogP) is 7.32. The molecule has 4 rings (SSSR count). The molecule has 0 amide bonds. The third kappa shape index (κ3) is 43.0. The number of hydrogen-bond donors (Lipinski definition) is 0. The van der Waals surface area contributed by atoms with Gasteiger partial charge in [0.2, 0.25) is 37.4 Å². The molecule has 0 radical (unpaired) electrons. The highest BCUT2D eigenvalue weighted by Crippen LogP contribution is 2.17. The van der Waals surface area contributed by atoms with Crippen LogP contribution in [0.3, 0.4) is 0 Å². The zero-order valence-corrected chi connectivity index (χ0v) is 47.3. The van der Waals surface area contributed by atoms with Crippen LogP contribution in [0.2, 0.25) is 0 Å². The molecule has 0 saturated carbocycles. The molecule has 0 aliphatic heterocycles. The minimum atomic E-state index is -0.791. The van der Waals surface area contributed by atoms with Gasteiger partial charge in [0.15, 0.2) is 28.7 Å². The SMILES string of the molecule is C.C.C.C.C.COC(OC)C(=O)/C=C/N(C)C.COC(OC)C(C)=O.COC(OC)N(C)C.COC(OC)c1ccnc(SC)n1.COc1nccc(C(OC)OC)n1.COc1nccc(C=O)n1.CSc1nccc(C=O)n1. The van der Waals surface area contributed by atoms with Crippen molar-refractivity contribution >= 4 is 47.7 Å². The van der Waals surface area contributed by atoms with Crippen molar-refractivity contribution in [1.29, 1.82) is 0 Å². The number of thioether (sulfide) groups is 2. The zero-order chi connectivity index (χ0) is 56.9. The van der Waals surface area contributed by atoms with E-state index in [0.29, 0.717) is 40.8 Å². The zero-order valence-electron chi connectivity index (χ0n) is 45.6. The molecule has 0 aliphatic carbocycles. The van der Waals surface area contributed by atoms with Gasteiger partial charge in [-0.15, -0.1) is 0 Å². The Labute approximate surface area is 479 Å². The summed E-state index contributed by atoms with van der Waals surface area (Å²) in [7, 11) is 25.6. The molecule has 0 aliphatic rings. The highest BCUT2D eigenvalue weighted by molar-refractivity contribution is 7.98. The van der Waals surface area contributed by atoms with Crippen LogP contribution in [0.1, 0.15) is 89.0 Å². The van der Waals surface area contributed by atoms with Gasteiger partial charge in [-0.05, 0) is 57.8 Å². The monoisotopic (exact) mass is 1170 g/mol. The molecule has 4 heterocycles. The Morgan fingerprint density at radius 3 is 1.18 bits per heavy atom. The number of hydrogen-bond acceptors (Lipinski definition) is 28. The fourth-order valence-corrected chi connectivity index (χ4v) is 5.18. The van der Waals surface area contributed by atoms with Crippen molar-refractivity contribution in [3.63, 3.8) is 0 Å². The number of aldehydes is 2. The summed E-state index contributed by atoms with van der Waals surface area (Å²) in [5.41, 5.74) is 2.13. The first-order chi connectivity index (χ1) is 35.4. The summed E-state index contributed by atoms with van der Waals surface area (Å²) in [4.78, 5) is 76.8. The van der Waals surface area contributed by atoms with Gasteiger partial charge in [-0.2, -0.15) is 9.97 Å². The van der Waals surface area contributed by atoms with E-state index in [1.54, 1.807) is 90.5 Å². The van der Waals surface area contributed by atoms with Gasteiger partial charge < -0.3 is 61.7 Å². The van der Waals surface area contributed by atoms with Gasteiger partial charge in [-0.3, -0.25) is 24.1 Å². The first-order valence-electron chi connectivity index (χ1n) is 21.1. The molecule has 26 nitrogen and oxygen atoms in total. The van der Waals surface area contributed by atoms with Crippen molar-refractivity contribution in [3.8, 4) is 12.0 Å². The lowest BCUT2D eigenvalue weighted by Gasteiger charge is -2.19. The molecule has 0 fully saturated rings. The number of aromatic nitrogens is 8. The summed E-state index contributed by atoms with van der Waals surface area (Å²) in [6, 6.07) is 7.08. The Balaban J connectivity index is -0.000000124. The van der Waals surface area contributed by atoms with Crippen LogP contribution in [-0.2, 0) is 57.0 Å². The lowest BCUT2D eigenvalue weighted by Crippen LogP contribution is -2.30. The lowest BCUT2D eigenvalue weighted by molar-refractivity contribution is -0.179. The molecule has 4 aromatic heterocycles. The van der Waals surface area contributed by atoms with Crippen LogP contribution in [0.4, 0.5) is 0 Å². The maximum absolute atomic E-state index is 11.1. The van der Waals surface area contributed by atoms with Gasteiger partial charge in [0.1, 0.15) is 22.8 Å². The maximum Gasteiger partial charge on any atom is 0.316 e. The first-order valence-corrected chi connectivity index (χ1v) is 23.6. The second-order valence-corrected chi connectivity index (χ2v) is 14.9. The molecular weight excluding hydrogens is 1070 g/mol. The fraction of sp³-hybridized carbons (Fsp3) is 0.569. The number of Topliss-reactive ketones (excluding diaryl/α,β-unsaturated/α-hetero) is 1. The van der Waals surface area contributed by atoms with E-state index in [2.05, 4.69) is 54.1 Å². The quantitative estimate of drug-likeness (QED) is 0.0231. The lowest BCUT2D eigenvalue weighted by atomic mass is 10.3. The Morgan fingerprint density at radius 2 is 0.861 bits per heavy atom. The molecular formula is C51H94N10O16S2. The number of methoxy groups -OCH3 is 12. The minimum absolute atomic E-state index is 0. The Hall–Kier alpha value is -5.60. The number of rotatable bonds is 23. The average molecular weight is 1170 g/mol. The van der Waals surface area contributed by atoms with E-state index in [1.165, 1.54) is 91.4 Å². The topological polar surface area (TPSA) is 289 Å². The Kier molecular flexibility index (Phi) is 66.7. The van der Waals surface area contributed by atoms with Gasteiger partial charge >= 0.3 is 12.0 Å². The van der Waals surface area contributed by atoms with E-state index >= 15 is 0 Å². The van der Waals surface area contributed by atoms with Crippen LogP contribution in [-0.4, -0.2) is 219 Å².